The van der Waals surface area contributed by atoms with E-state index < -0.39 is 5.41 Å². The van der Waals surface area contributed by atoms with Crippen molar-refractivity contribution in [1.29, 1.82) is 0 Å². The Bertz CT molecular complexity index is 760. The van der Waals surface area contributed by atoms with E-state index in [0.29, 0.717) is 12.1 Å². The summed E-state index contributed by atoms with van der Waals surface area (Å²) in [4.78, 5) is 27.6. The fourth-order valence-corrected chi connectivity index (χ4v) is 4.07. The fourth-order valence-electron chi connectivity index (χ4n) is 4.07. The zero-order valence-electron chi connectivity index (χ0n) is 13.0. The summed E-state index contributed by atoms with van der Waals surface area (Å²) in [5.41, 5.74) is 2.14. The highest BCUT2D eigenvalue weighted by Crippen LogP contribution is 2.46. The van der Waals surface area contributed by atoms with E-state index in [1.807, 2.05) is 54.6 Å². The van der Waals surface area contributed by atoms with Crippen molar-refractivity contribution in [3.63, 3.8) is 0 Å². The smallest absolute Gasteiger partial charge is 0.261 e. The normalized spacial score (nSPS) is 19.2. The van der Waals surface area contributed by atoms with Gasteiger partial charge in [-0.25, -0.2) is 0 Å². The van der Waals surface area contributed by atoms with Crippen LogP contribution in [0.15, 0.2) is 54.6 Å². The monoisotopic (exact) mass is 305 g/mol. The molecule has 1 spiro atoms. The van der Waals surface area contributed by atoms with Crippen molar-refractivity contribution < 1.29 is 9.59 Å². The van der Waals surface area contributed by atoms with Crippen molar-refractivity contribution in [2.45, 2.75) is 37.6 Å². The third-order valence-corrected chi connectivity index (χ3v) is 5.21. The van der Waals surface area contributed by atoms with Crippen LogP contribution in [-0.2, 0) is 16.8 Å². The third kappa shape index (κ3) is 2.11. The average Bonchev–Trinajstić information content (AvgIpc) is 3.09. The SMILES string of the molecule is O=C1c2ccccc2C2(CCCC2)C(=O)N1Cc1ccccc1. The van der Waals surface area contributed by atoms with Crippen molar-refractivity contribution in [2.75, 3.05) is 0 Å². The van der Waals surface area contributed by atoms with Gasteiger partial charge in [-0.1, -0.05) is 61.4 Å². The van der Waals surface area contributed by atoms with Gasteiger partial charge in [-0.05, 0) is 30.0 Å². The van der Waals surface area contributed by atoms with Gasteiger partial charge in [0.2, 0.25) is 5.91 Å². The van der Waals surface area contributed by atoms with Gasteiger partial charge in [0.1, 0.15) is 0 Å². The minimum atomic E-state index is -0.487. The molecule has 0 aromatic heterocycles. The number of rotatable bonds is 2. The first kappa shape index (κ1) is 14.2. The van der Waals surface area contributed by atoms with Crippen LogP contribution in [0.3, 0.4) is 0 Å². The predicted octanol–water partition coefficient (Wildman–Crippen LogP) is 3.68. The first-order chi connectivity index (χ1) is 11.2. The van der Waals surface area contributed by atoms with E-state index in [2.05, 4.69) is 0 Å². The number of carbonyl (C=O) groups is 2. The molecule has 0 radical (unpaired) electrons. The zero-order valence-corrected chi connectivity index (χ0v) is 13.0. The Morgan fingerprint density at radius 2 is 1.52 bits per heavy atom. The molecule has 0 unspecified atom stereocenters. The third-order valence-electron chi connectivity index (χ3n) is 5.21. The summed E-state index contributed by atoms with van der Waals surface area (Å²) in [5, 5.41) is 0. The van der Waals surface area contributed by atoms with E-state index >= 15 is 0 Å². The lowest BCUT2D eigenvalue weighted by atomic mass is 9.72. The molecule has 0 N–H and O–H groups in total. The molecule has 2 aromatic rings. The summed E-state index contributed by atoms with van der Waals surface area (Å²) in [6.45, 7) is 0.356. The second kappa shape index (κ2) is 5.34. The second-order valence-electron chi connectivity index (χ2n) is 6.52. The Morgan fingerprint density at radius 3 is 2.26 bits per heavy atom. The molecule has 3 heteroatoms. The quantitative estimate of drug-likeness (QED) is 0.794. The van der Waals surface area contributed by atoms with E-state index in [1.54, 1.807) is 0 Å². The lowest BCUT2D eigenvalue weighted by Gasteiger charge is -2.39. The number of fused-ring (bicyclic) bond motifs is 2. The lowest BCUT2D eigenvalue weighted by molar-refractivity contribution is -0.135. The molecule has 0 bridgehead atoms. The summed E-state index contributed by atoms with van der Waals surface area (Å²) < 4.78 is 0. The molecular formula is C20H19NO2. The summed E-state index contributed by atoms with van der Waals surface area (Å²) in [6, 6.07) is 17.4. The molecule has 1 aliphatic heterocycles. The van der Waals surface area contributed by atoms with Crippen LogP contribution >= 0.6 is 0 Å². The van der Waals surface area contributed by atoms with Gasteiger partial charge in [0.05, 0.1) is 12.0 Å². The van der Waals surface area contributed by atoms with Gasteiger partial charge in [-0.3, -0.25) is 14.5 Å². The molecule has 23 heavy (non-hydrogen) atoms. The maximum Gasteiger partial charge on any atom is 0.261 e. The van der Waals surface area contributed by atoms with Gasteiger partial charge in [-0.2, -0.15) is 0 Å². The Balaban J connectivity index is 1.80. The number of imide groups is 1. The Labute approximate surface area is 135 Å². The highest BCUT2D eigenvalue weighted by Gasteiger charge is 2.51. The molecular weight excluding hydrogens is 286 g/mol. The van der Waals surface area contributed by atoms with Crippen LogP contribution in [-0.4, -0.2) is 16.7 Å². The zero-order chi connectivity index (χ0) is 15.9. The van der Waals surface area contributed by atoms with Gasteiger partial charge < -0.3 is 0 Å². The highest BCUT2D eigenvalue weighted by atomic mass is 16.2. The van der Waals surface area contributed by atoms with Crippen molar-refractivity contribution in [3.05, 3.63) is 71.3 Å². The number of carbonyl (C=O) groups excluding carboxylic acids is 2. The van der Waals surface area contributed by atoms with Crippen LogP contribution in [0.1, 0.15) is 47.2 Å². The second-order valence-corrected chi connectivity index (χ2v) is 6.52. The number of hydrogen-bond acceptors (Lipinski definition) is 2. The fraction of sp³-hybridized carbons (Fsp3) is 0.300. The maximum absolute atomic E-state index is 13.2. The molecule has 3 nitrogen and oxygen atoms in total. The standard InChI is InChI=1S/C20H19NO2/c22-18-16-10-4-5-11-17(16)20(12-6-7-13-20)19(23)21(18)14-15-8-2-1-3-9-15/h1-5,8-11H,6-7,12-14H2. The summed E-state index contributed by atoms with van der Waals surface area (Å²) in [7, 11) is 0. The topological polar surface area (TPSA) is 37.4 Å². The van der Waals surface area contributed by atoms with E-state index in [-0.39, 0.29) is 11.8 Å². The van der Waals surface area contributed by atoms with E-state index in [1.165, 1.54) is 4.90 Å². The molecule has 116 valence electrons. The predicted molar refractivity (Wildman–Crippen MR) is 87.9 cm³/mol. The largest absolute Gasteiger partial charge is 0.273 e. The van der Waals surface area contributed by atoms with E-state index in [0.717, 1.165) is 36.8 Å². The maximum atomic E-state index is 13.2. The van der Waals surface area contributed by atoms with E-state index in [4.69, 9.17) is 0 Å². The van der Waals surface area contributed by atoms with Crippen LogP contribution in [0, 0.1) is 0 Å². The van der Waals surface area contributed by atoms with Crippen molar-refractivity contribution in [1.82, 2.24) is 4.90 Å². The molecule has 2 aromatic carbocycles. The van der Waals surface area contributed by atoms with Gasteiger partial charge in [0.15, 0.2) is 0 Å². The van der Waals surface area contributed by atoms with Crippen molar-refractivity contribution >= 4 is 11.8 Å². The molecule has 2 aliphatic rings. The summed E-state index contributed by atoms with van der Waals surface area (Å²) >= 11 is 0. The van der Waals surface area contributed by atoms with Crippen LogP contribution in [0.5, 0.6) is 0 Å². The molecule has 1 fully saturated rings. The minimum Gasteiger partial charge on any atom is -0.273 e. The highest BCUT2D eigenvalue weighted by molar-refractivity contribution is 6.13. The summed E-state index contributed by atoms with van der Waals surface area (Å²) in [6.07, 6.45) is 3.80. The molecule has 2 amide bonds. The number of benzene rings is 2. The minimum absolute atomic E-state index is 0.0115. The molecule has 0 saturated heterocycles. The molecule has 1 saturated carbocycles. The summed E-state index contributed by atoms with van der Waals surface area (Å²) in [5.74, 6) is -0.172. The number of hydrogen-bond donors (Lipinski definition) is 0. The Hall–Kier alpha value is -2.42. The first-order valence-corrected chi connectivity index (χ1v) is 8.22. The molecule has 1 heterocycles. The Kier molecular flexibility index (Phi) is 3.29. The lowest BCUT2D eigenvalue weighted by Crippen LogP contribution is -2.52. The number of amides is 2. The van der Waals surface area contributed by atoms with Crippen LogP contribution < -0.4 is 0 Å². The average molecular weight is 305 g/mol. The van der Waals surface area contributed by atoms with Crippen LogP contribution in [0.25, 0.3) is 0 Å². The van der Waals surface area contributed by atoms with Gasteiger partial charge in [0, 0.05) is 5.56 Å². The van der Waals surface area contributed by atoms with Gasteiger partial charge >= 0.3 is 0 Å². The van der Waals surface area contributed by atoms with Crippen LogP contribution in [0.4, 0.5) is 0 Å². The van der Waals surface area contributed by atoms with E-state index in [9.17, 15) is 9.59 Å². The number of nitrogens with zero attached hydrogens (tertiary/aromatic N) is 1. The van der Waals surface area contributed by atoms with Gasteiger partial charge in [0.25, 0.3) is 5.91 Å². The molecule has 4 rings (SSSR count). The molecule has 0 atom stereocenters. The Morgan fingerprint density at radius 1 is 0.870 bits per heavy atom. The van der Waals surface area contributed by atoms with Crippen molar-refractivity contribution in [3.8, 4) is 0 Å². The van der Waals surface area contributed by atoms with Crippen LogP contribution in [0.2, 0.25) is 0 Å². The molecule has 1 aliphatic carbocycles. The van der Waals surface area contributed by atoms with Gasteiger partial charge in [-0.15, -0.1) is 0 Å². The first-order valence-electron chi connectivity index (χ1n) is 8.22. The van der Waals surface area contributed by atoms with Crippen molar-refractivity contribution in [2.24, 2.45) is 0 Å².